The number of alkyl halides is 3. The highest BCUT2D eigenvalue weighted by Crippen LogP contribution is 2.35. The van der Waals surface area contributed by atoms with Crippen LogP contribution in [0.5, 0.6) is 0 Å². The highest BCUT2D eigenvalue weighted by molar-refractivity contribution is 6.28. The Morgan fingerprint density at radius 3 is 1.89 bits per heavy atom. The maximum absolute atomic E-state index is 14.0. The van der Waals surface area contributed by atoms with E-state index in [9.17, 15) is 22.8 Å². The van der Waals surface area contributed by atoms with Crippen molar-refractivity contribution in [3.05, 3.63) is 113 Å². The molecule has 7 rings (SSSR count). The third kappa shape index (κ3) is 19.7. The molecular formula is C52H70ClF3N14O6. The molecule has 412 valence electrons. The van der Waals surface area contributed by atoms with Gasteiger partial charge in [0.15, 0.2) is 0 Å². The Morgan fingerprint density at radius 2 is 1.36 bits per heavy atom. The van der Waals surface area contributed by atoms with Crippen LogP contribution in [-0.2, 0) is 44.8 Å². The molecule has 0 atom stereocenters. The zero-order valence-electron chi connectivity index (χ0n) is 44.4. The van der Waals surface area contributed by atoms with Gasteiger partial charge in [-0.1, -0.05) is 24.3 Å². The van der Waals surface area contributed by atoms with E-state index in [0.717, 1.165) is 28.5 Å². The molecule has 0 radical (unpaired) electrons. The summed E-state index contributed by atoms with van der Waals surface area (Å²) in [5, 5.41) is 13.0. The quantitative estimate of drug-likeness (QED) is 0.0340. The molecule has 2 aliphatic heterocycles. The van der Waals surface area contributed by atoms with Crippen LogP contribution in [0.2, 0.25) is 5.28 Å². The number of aliphatic imine (C=N–C) groups is 1. The van der Waals surface area contributed by atoms with Gasteiger partial charge in [-0.25, -0.2) is 29.5 Å². The molecule has 0 bridgehead atoms. The van der Waals surface area contributed by atoms with Gasteiger partial charge in [-0.2, -0.15) is 18.3 Å². The van der Waals surface area contributed by atoms with Gasteiger partial charge in [-0.15, -0.1) is 0 Å². The van der Waals surface area contributed by atoms with E-state index < -0.39 is 17.8 Å². The number of aryl methyl sites for hydroxylation is 1. The summed E-state index contributed by atoms with van der Waals surface area (Å²) in [4.78, 5) is 48.6. The molecule has 2 saturated heterocycles. The van der Waals surface area contributed by atoms with Crippen LogP contribution >= 0.6 is 11.6 Å². The Labute approximate surface area is 446 Å². The summed E-state index contributed by atoms with van der Waals surface area (Å²) >= 11 is 5.86. The van der Waals surface area contributed by atoms with Crippen LogP contribution in [0.3, 0.4) is 0 Å². The molecule has 7 N–H and O–H groups in total. The van der Waals surface area contributed by atoms with Crippen LogP contribution in [0, 0.1) is 6.92 Å². The summed E-state index contributed by atoms with van der Waals surface area (Å²) < 4.78 is 65.0. The number of halogens is 4. The number of urea groups is 2. The molecule has 2 fully saturated rings. The fraction of sp³-hybridized carbons (Fsp3) is 0.462. The number of aromatic nitrogens is 6. The maximum Gasteiger partial charge on any atom is 0.416 e. The summed E-state index contributed by atoms with van der Waals surface area (Å²) in [6.07, 6.45) is 4.67. The fourth-order valence-corrected chi connectivity index (χ4v) is 7.57. The molecule has 0 spiro atoms. The second-order valence-corrected chi connectivity index (χ2v) is 20.0. The van der Waals surface area contributed by atoms with Crippen LogP contribution in [0.4, 0.5) is 34.4 Å². The predicted octanol–water partition coefficient (Wildman–Crippen LogP) is 7.73. The maximum atomic E-state index is 14.0. The zero-order chi connectivity index (χ0) is 55.6. The Bertz CT molecular complexity index is 2740. The lowest BCUT2D eigenvalue weighted by Crippen LogP contribution is -2.59. The topological polar surface area (TPSA) is 247 Å². The SMILES string of the molecule is COCCN=CC(N)=CN.COCCn1cc(Nc2nccc(-c3ccc(CNC(=O)N4CC(OC(C)(C)C)C4)c(C(F)(F)F)c3)n2)cn1.Cc1cc(-c2ccnc(Cl)n2)ccc1CNC(=O)N1CC(OC(C)(C)C)C1. The number of allylic oxidation sites excluding steroid dienone is 1. The normalized spacial score (nSPS) is 14.2. The summed E-state index contributed by atoms with van der Waals surface area (Å²) in [5.41, 5.74) is 14.6. The number of benzene rings is 2. The van der Waals surface area contributed by atoms with E-state index in [1.807, 2.05) is 72.7 Å². The number of methoxy groups -OCH3 is 2. The molecule has 76 heavy (non-hydrogen) atoms. The van der Waals surface area contributed by atoms with Gasteiger partial charge in [0.25, 0.3) is 0 Å². The van der Waals surface area contributed by atoms with Gasteiger partial charge in [0.2, 0.25) is 11.2 Å². The Morgan fingerprint density at radius 1 is 0.803 bits per heavy atom. The summed E-state index contributed by atoms with van der Waals surface area (Å²) in [6.45, 7) is 18.4. The van der Waals surface area contributed by atoms with Crippen molar-refractivity contribution < 1.29 is 41.7 Å². The van der Waals surface area contributed by atoms with Gasteiger partial charge >= 0.3 is 18.2 Å². The Hall–Kier alpha value is -6.92. The second kappa shape index (κ2) is 27.7. The van der Waals surface area contributed by atoms with Gasteiger partial charge in [0.05, 0.1) is 110 Å². The van der Waals surface area contributed by atoms with Crippen molar-refractivity contribution in [1.29, 1.82) is 0 Å². The molecule has 5 heterocycles. The van der Waals surface area contributed by atoms with Crippen LogP contribution in [-0.4, -0.2) is 141 Å². The van der Waals surface area contributed by atoms with Crippen LogP contribution in [0.25, 0.3) is 22.5 Å². The predicted molar refractivity (Wildman–Crippen MR) is 286 cm³/mol. The van der Waals surface area contributed by atoms with Crippen LogP contribution in [0.1, 0.15) is 63.8 Å². The van der Waals surface area contributed by atoms with E-state index in [1.54, 1.807) is 48.5 Å². The average Bonchev–Trinajstić information content (AvgIpc) is 3.79. The molecule has 0 aliphatic carbocycles. The first-order valence-corrected chi connectivity index (χ1v) is 24.8. The van der Waals surface area contributed by atoms with E-state index in [4.69, 9.17) is 42.0 Å². The molecule has 2 aromatic carbocycles. The van der Waals surface area contributed by atoms with Crippen molar-refractivity contribution in [2.24, 2.45) is 16.5 Å². The Balaban J connectivity index is 0.000000248. The zero-order valence-corrected chi connectivity index (χ0v) is 45.2. The number of nitrogens with one attached hydrogen (secondary N) is 3. The lowest BCUT2D eigenvalue weighted by atomic mass is 10.0. The van der Waals surface area contributed by atoms with Gasteiger partial charge in [-0.3, -0.25) is 9.67 Å². The summed E-state index contributed by atoms with van der Waals surface area (Å²) in [5.74, 6) is 0.215. The van der Waals surface area contributed by atoms with E-state index in [0.29, 0.717) is 76.1 Å². The number of hydrogen-bond acceptors (Lipinski definition) is 15. The first kappa shape index (κ1) is 60.0. The largest absolute Gasteiger partial charge is 0.416 e. The molecular weight excluding hydrogens is 1010 g/mol. The number of ether oxygens (including phenoxy) is 4. The second-order valence-electron chi connectivity index (χ2n) is 19.6. The monoisotopic (exact) mass is 1080 g/mol. The van der Waals surface area contributed by atoms with Gasteiger partial charge in [0, 0.05) is 69.4 Å². The van der Waals surface area contributed by atoms with Crippen LogP contribution in [0.15, 0.2) is 90.2 Å². The first-order chi connectivity index (χ1) is 35.9. The minimum absolute atomic E-state index is 0.0431. The fourth-order valence-electron chi connectivity index (χ4n) is 7.43. The number of rotatable bonds is 17. The van der Waals surface area contributed by atoms with Gasteiger partial charge in [0.1, 0.15) is 0 Å². The smallest absolute Gasteiger partial charge is 0.403 e. The molecule has 24 heteroatoms. The number of carbonyl (C=O) groups excluding carboxylic acids is 2. The van der Waals surface area contributed by atoms with E-state index >= 15 is 0 Å². The average molecular weight is 1080 g/mol. The number of amides is 4. The first-order valence-electron chi connectivity index (χ1n) is 24.4. The molecule has 2 aliphatic rings. The highest BCUT2D eigenvalue weighted by atomic mass is 35.5. The van der Waals surface area contributed by atoms with Crippen molar-refractivity contribution in [1.82, 2.24) is 50.1 Å². The lowest BCUT2D eigenvalue weighted by molar-refractivity contribution is -0.138. The van der Waals surface area contributed by atoms with Crippen molar-refractivity contribution in [3.63, 3.8) is 0 Å². The minimum atomic E-state index is -4.62. The van der Waals surface area contributed by atoms with E-state index in [-0.39, 0.29) is 58.3 Å². The number of likely N-dealkylation sites (tertiary alicyclic amines) is 2. The summed E-state index contributed by atoms with van der Waals surface area (Å²) in [6, 6.07) is 12.8. The van der Waals surface area contributed by atoms with Gasteiger partial charge in [-0.05, 0) is 101 Å². The number of carbonyl (C=O) groups is 2. The van der Waals surface area contributed by atoms with Crippen molar-refractivity contribution in [2.75, 3.05) is 65.5 Å². The van der Waals surface area contributed by atoms with Crippen LogP contribution < -0.4 is 27.4 Å². The molecule has 5 aromatic rings. The minimum Gasteiger partial charge on any atom is -0.403 e. The van der Waals surface area contributed by atoms with E-state index in [1.165, 1.54) is 35.6 Å². The highest BCUT2D eigenvalue weighted by Gasteiger charge is 2.37. The van der Waals surface area contributed by atoms with Gasteiger partial charge < -0.3 is 56.2 Å². The van der Waals surface area contributed by atoms with Crippen molar-refractivity contribution in [3.8, 4) is 22.5 Å². The molecule has 0 saturated carbocycles. The number of anilines is 2. The lowest BCUT2D eigenvalue weighted by Gasteiger charge is -2.41. The standard InChI is InChI=1S/C26H32F3N7O3.C20H25ClN4O2.C6H13N3O/c1-25(2,3)39-20-15-35(16-20)24(37)31-12-18-6-5-17(11-21(18)26(27,28)29)22-7-8-30-23(34-22)33-19-13-32-36(14-19)9-10-38-4;1-13-9-14(17-7-8-22-18(21)24-17)5-6-15(13)10-23-19(26)25-11-16(12-25)27-20(2,3)4;1-10-3-2-9-5-6(8)4-7/h5-8,11,13-14,20H,9-10,12,15-16H2,1-4H3,(H,31,37)(H,30,33,34);5-9,16H,10-12H2,1-4H3,(H,23,26);4-5H,2-3,7-8H2,1H3. The molecule has 0 unspecified atom stereocenters. The van der Waals surface area contributed by atoms with E-state index in [2.05, 4.69) is 46.0 Å². The van der Waals surface area contributed by atoms with Crippen molar-refractivity contribution in [2.45, 2.75) is 97.7 Å². The molecule has 20 nitrogen and oxygen atoms in total. The third-order valence-corrected chi connectivity index (χ3v) is 11.3. The Kier molecular flexibility index (Phi) is 21.9. The third-order valence-electron chi connectivity index (χ3n) is 11.1. The number of nitrogens with zero attached hydrogens (tertiary/aromatic N) is 9. The number of nitrogens with two attached hydrogens (primary N) is 2. The van der Waals surface area contributed by atoms with Crippen molar-refractivity contribution >= 4 is 41.5 Å². The summed E-state index contributed by atoms with van der Waals surface area (Å²) in [7, 11) is 3.22. The number of hydrogen-bond donors (Lipinski definition) is 5. The molecule has 3 aromatic heterocycles. The molecule has 4 amide bonds.